The summed E-state index contributed by atoms with van der Waals surface area (Å²) in [6, 6.07) is 17.8. The van der Waals surface area contributed by atoms with Crippen LogP contribution in [0, 0.1) is 0 Å². The number of hydrogen-bond donors (Lipinski definition) is 0. The Labute approximate surface area is 134 Å². The van der Waals surface area contributed by atoms with Gasteiger partial charge in [0.25, 0.3) is 0 Å². The van der Waals surface area contributed by atoms with E-state index in [-0.39, 0.29) is 10.8 Å². The van der Waals surface area contributed by atoms with E-state index in [4.69, 9.17) is 0 Å². The maximum absolute atomic E-state index is 2.35. The quantitative estimate of drug-likeness (QED) is 0.648. The maximum atomic E-state index is 2.35. The van der Waals surface area contributed by atoms with Gasteiger partial charge < -0.3 is 0 Å². The lowest BCUT2D eigenvalue weighted by Crippen LogP contribution is -2.29. The van der Waals surface area contributed by atoms with Crippen LogP contribution in [0.4, 0.5) is 5.69 Å². The molecule has 0 spiro atoms. The summed E-state index contributed by atoms with van der Waals surface area (Å²) in [4.78, 5) is 0. The minimum absolute atomic E-state index is 0.0363. The predicted molar refractivity (Wildman–Crippen MR) is 94.6 cm³/mol. The molecular weight excluding hydrogens is 266 g/mol. The standard InChI is InChI=1S/C21H26N/c1-20(2,3)16-13-11-15(12-14-16)19-21(4,5)17-9-7-8-10-18(17)22(19)6/h7-14H,1-6H3/q+1. The molecule has 1 heterocycles. The van der Waals surface area contributed by atoms with Gasteiger partial charge in [-0.2, -0.15) is 4.58 Å². The van der Waals surface area contributed by atoms with Crippen molar-refractivity contribution in [1.82, 2.24) is 0 Å². The fraction of sp³-hybridized carbons (Fsp3) is 0.381. The summed E-state index contributed by atoms with van der Waals surface area (Å²) in [5, 5.41) is 0. The first-order valence-electron chi connectivity index (χ1n) is 8.04. The highest BCUT2D eigenvalue weighted by atomic mass is 15.0. The molecule has 0 aliphatic carbocycles. The van der Waals surface area contributed by atoms with Gasteiger partial charge in [0.05, 0.1) is 5.41 Å². The van der Waals surface area contributed by atoms with Crippen LogP contribution in [0.25, 0.3) is 0 Å². The minimum Gasteiger partial charge on any atom is -0.197 e. The number of hydrogen-bond acceptors (Lipinski definition) is 0. The average molecular weight is 292 g/mol. The number of nitrogens with zero attached hydrogens (tertiary/aromatic N) is 1. The van der Waals surface area contributed by atoms with Crippen molar-refractivity contribution in [2.24, 2.45) is 0 Å². The molecule has 114 valence electrons. The zero-order valence-electron chi connectivity index (χ0n) is 14.6. The van der Waals surface area contributed by atoms with Gasteiger partial charge in [-0.15, -0.1) is 0 Å². The molecular formula is C21H26N+. The number of benzene rings is 2. The van der Waals surface area contributed by atoms with Gasteiger partial charge in [0.2, 0.25) is 5.69 Å². The smallest absolute Gasteiger partial charge is 0.197 e. The van der Waals surface area contributed by atoms with Gasteiger partial charge in [0.1, 0.15) is 7.05 Å². The van der Waals surface area contributed by atoms with Crippen molar-refractivity contribution < 1.29 is 4.58 Å². The Morgan fingerprint density at radius 3 is 2.00 bits per heavy atom. The Kier molecular flexibility index (Phi) is 3.28. The first kappa shape index (κ1) is 15.0. The van der Waals surface area contributed by atoms with E-state index in [2.05, 4.69) is 94.8 Å². The van der Waals surface area contributed by atoms with Crippen molar-refractivity contribution >= 4 is 11.4 Å². The molecule has 0 aromatic heterocycles. The molecule has 2 aromatic carbocycles. The molecule has 1 aliphatic heterocycles. The van der Waals surface area contributed by atoms with E-state index in [1.54, 1.807) is 0 Å². The van der Waals surface area contributed by atoms with Gasteiger partial charge in [-0.05, 0) is 37.0 Å². The van der Waals surface area contributed by atoms with Crippen LogP contribution in [0.1, 0.15) is 51.3 Å². The van der Waals surface area contributed by atoms with Crippen LogP contribution in [-0.2, 0) is 10.8 Å². The van der Waals surface area contributed by atoms with Crippen molar-refractivity contribution in [3.63, 3.8) is 0 Å². The van der Waals surface area contributed by atoms with E-state index < -0.39 is 0 Å². The van der Waals surface area contributed by atoms with Crippen LogP contribution in [0.3, 0.4) is 0 Å². The summed E-state index contributed by atoms with van der Waals surface area (Å²) >= 11 is 0. The topological polar surface area (TPSA) is 3.01 Å². The lowest BCUT2D eigenvalue weighted by atomic mass is 9.78. The van der Waals surface area contributed by atoms with E-state index >= 15 is 0 Å². The highest BCUT2D eigenvalue weighted by Crippen LogP contribution is 2.40. The molecule has 0 bridgehead atoms. The van der Waals surface area contributed by atoms with E-state index in [1.165, 1.54) is 28.1 Å². The van der Waals surface area contributed by atoms with Gasteiger partial charge >= 0.3 is 0 Å². The summed E-state index contributed by atoms with van der Waals surface area (Å²) in [5.41, 5.74) is 7.05. The van der Waals surface area contributed by atoms with Crippen molar-refractivity contribution in [3.05, 3.63) is 65.2 Å². The van der Waals surface area contributed by atoms with Crippen molar-refractivity contribution in [2.45, 2.75) is 45.4 Å². The van der Waals surface area contributed by atoms with Gasteiger partial charge in [-0.3, -0.25) is 0 Å². The molecule has 3 rings (SSSR count). The fourth-order valence-corrected chi connectivity index (χ4v) is 3.64. The third kappa shape index (κ3) is 2.20. The summed E-state index contributed by atoms with van der Waals surface area (Å²) in [5.74, 6) is 0. The second-order valence-corrected chi connectivity index (χ2v) is 7.88. The van der Waals surface area contributed by atoms with Crippen LogP contribution in [-0.4, -0.2) is 17.3 Å². The SMILES string of the molecule is C[N+]1=C(c2ccc(C(C)(C)C)cc2)C(C)(C)c2ccccc21. The van der Waals surface area contributed by atoms with E-state index in [9.17, 15) is 0 Å². The molecule has 1 nitrogen and oxygen atoms in total. The first-order chi connectivity index (χ1) is 10.2. The predicted octanol–water partition coefficient (Wildman–Crippen LogP) is 5.04. The highest BCUT2D eigenvalue weighted by Gasteiger charge is 2.44. The van der Waals surface area contributed by atoms with Crippen LogP contribution in [0.2, 0.25) is 0 Å². The van der Waals surface area contributed by atoms with E-state index in [1.807, 2.05) is 0 Å². The fourth-order valence-electron chi connectivity index (χ4n) is 3.64. The Hall–Kier alpha value is -1.89. The Balaban J connectivity index is 2.11. The molecule has 0 amide bonds. The molecule has 0 fully saturated rings. The van der Waals surface area contributed by atoms with Crippen molar-refractivity contribution in [3.8, 4) is 0 Å². The highest BCUT2D eigenvalue weighted by molar-refractivity contribution is 6.07. The monoisotopic (exact) mass is 292 g/mol. The van der Waals surface area contributed by atoms with Gasteiger partial charge in [-0.25, -0.2) is 0 Å². The Morgan fingerprint density at radius 1 is 0.864 bits per heavy atom. The van der Waals surface area contributed by atoms with Gasteiger partial charge in [0, 0.05) is 17.2 Å². The molecule has 0 atom stereocenters. The number of para-hydroxylation sites is 1. The zero-order chi connectivity index (χ0) is 16.1. The zero-order valence-corrected chi connectivity index (χ0v) is 14.6. The molecule has 0 N–H and O–H groups in total. The maximum Gasteiger partial charge on any atom is 0.209 e. The number of rotatable bonds is 1. The molecule has 1 aliphatic rings. The molecule has 0 saturated carbocycles. The van der Waals surface area contributed by atoms with E-state index in [0.29, 0.717) is 0 Å². The molecule has 2 aromatic rings. The lowest BCUT2D eigenvalue weighted by Gasteiger charge is -2.21. The average Bonchev–Trinajstić information content (AvgIpc) is 2.66. The summed E-state index contributed by atoms with van der Waals surface area (Å²) in [6.45, 7) is 11.4. The Morgan fingerprint density at radius 2 is 1.45 bits per heavy atom. The lowest BCUT2D eigenvalue weighted by molar-refractivity contribution is -0.401. The largest absolute Gasteiger partial charge is 0.209 e. The van der Waals surface area contributed by atoms with Crippen LogP contribution in [0.5, 0.6) is 0 Å². The van der Waals surface area contributed by atoms with Gasteiger partial charge in [-0.1, -0.05) is 51.1 Å². The minimum atomic E-state index is 0.0363. The molecule has 0 saturated heterocycles. The normalized spacial score (nSPS) is 16.8. The molecule has 0 radical (unpaired) electrons. The van der Waals surface area contributed by atoms with Crippen LogP contribution in [0.15, 0.2) is 48.5 Å². The van der Waals surface area contributed by atoms with E-state index in [0.717, 1.165) is 0 Å². The molecule has 22 heavy (non-hydrogen) atoms. The second-order valence-electron chi connectivity index (χ2n) is 7.88. The first-order valence-corrected chi connectivity index (χ1v) is 8.04. The number of fused-ring (bicyclic) bond motifs is 1. The summed E-state index contributed by atoms with van der Waals surface area (Å²) in [7, 11) is 2.18. The van der Waals surface area contributed by atoms with Crippen LogP contribution < -0.4 is 0 Å². The summed E-state index contributed by atoms with van der Waals surface area (Å²) in [6.07, 6.45) is 0. The van der Waals surface area contributed by atoms with Crippen LogP contribution >= 0.6 is 0 Å². The Bertz CT molecular complexity index is 740. The molecule has 0 unspecified atom stereocenters. The van der Waals surface area contributed by atoms with Gasteiger partial charge in [0.15, 0.2) is 5.71 Å². The molecule has 1 heteroatoms. The van der Waals surface area contributed by atoms with Crippen molar-refractivity contribution in [1.29, 1.82) is 0 Å². The third-order valence-electron chi connectivity index (χ3n) is 4.89. The van der Waals surface area contributed by atoms with Crippen molar-refractivity contribution in [2.75, 3.05) is 7.05 Å². The second kappa shape index (κ2) is 4.81. The summed E-state index contributed by atoms with van der Waals surface area (Å²) < 4.78 is 2.35. The third-order valence-corrected chi connectivity index (χ3v) is 4.89.